The van der Waals surface area contributed by atoms with Gasteiger partial charge in [0.05, 0.1) is 18.7 Å². The SMILES string of the molecule is CO[C@@H]1C[C@H](c2nc(C)no2)N(Cc2cc3cc(F)ccc3o2)C1. The maximum Gasteiger partial charge on any atom is 0.244 e. The number of ether oxygens (including phenoxy) is 1. The molecule has 1 fully saturated rings. The van der Waals surface area contributed by atoms with Gasteiger partial charge >= 0.3 is 0 Å². The lowest BCUT2D eigenvalue weighted by molar-refractivity contribution is 0.106. The van der Waals surface area contributed by atoms with Gasteiger partial charge in [-0.05, 0) is 37.6 Å². The Hall–Kier alpha value is -2.25. The van der Waals surface area contributed by atoms with Gasteiger partial charge in [-0.15, -0.1) is 0 Å². The van der Waals surface area contributed by atoms with Gasteiger partial charge in [0.1, 0.15) is 17.2 Å². The van der Waals surface area contributed by atoms with E-state index in [-0.39, 0.29) is 18.0 Å². The number of hydrogen-bond acceptors (Lipinski definition) is 6. The smallest absolute Gasteiger partial charge is 0.244 e. The van der Waals surface area contributed by atoms with E-state index in [1.54, 1.807) is 20.1 Å². The number of rotatable bonds is 4. The van der Waals surface area contributed by atoms with Crippen LogP contribution in [0.2, 0.25) is 0 Å². The third-order valence-corrected chi connectivity index (χ3v) is 4.42. The van der Waals surface area contributed by atoms with Crippen LogP contribution in [0.1, 0.15) is 29.9 Å². The van der Waals surface area contributed by atoms with E-state index >= 15 is 0 Å². The normalized spacial score (nSPS) is 21.8. The number of furan rings is 1. The van der Waals surface area contributed by atoms with Crippen molar-refractivity contribution in [1.29, 1.82) is 0 Å². The number of fused-ring (bicyclic) bond motifs is 1. The number of benzene rings is 1. The van der Waals surface area contributed by atoms with Crippen LogP contribution in [0.5, 0.6) is 0 Å². The third-order valence-electron chi connectivity index (χ3n) is 4.42. The van der Waals surface area contributed by atoms with Crippen LogP contribution in [0.15, 0.2) is 33.2 Å². The van der Waals surface area contributed by atoms with Gasteiger partial charge in [0.2, 0.25) is 5.89 Å². The predicted molar refractivity (Wildman–Crippen MR) is 83.8 cm³/mol. The zero-order chi connectivity index (χ0) is 16.7. The van der Waals surface area contributed by atoms with Crippen LogP contribution >= 0.6 is 0 Å². The highest BCUT2D eigenvalue weighted by Crippen LogP contribution is 2.34. The molecule has 1 saturated heterocycles. The van der Waals surface area contributed by atoms with Crippen molar-refractivity contribution in [2.45, 2.75) is 32.0 Å². The van der Waals surface area contributed by atoms with Crippen LogP contribution in [0, 0.1) is 12.7 Å². The van der Waals surface area contributed by atoms with Crippen LogP contribution in [0.25, 0.3) is 11.0 Å². The number of likely N-dealkylation sites (tertiary alicyclic amines) is 1. The first-order valence-corrected chi connectivity index (χ1v) is 7.87. The Morgan fingerprint density at radius 1 is 1.38 bits per heavy atom. The standard InChI is InChI=1S/C17H18FN3O3/c1-10-19-17(24-20-10)15-7-13(22-2)8-21(15)9-14-6-11-5-12(18)3-4-16(11)23-14/h3-6,13,15H,7-9H2,1-2H3/t13-,15-/m1/s1. The van der Waals surface area contributed by atoms with Gasteiger partial charge in [-0.2, -0.15) is 4.98 Å². The molecule has 0 amide bonds. The minimum absolute atomic E-state index is 0.0129. The summed E-state index contributed by atoms with van der Waals surface area (Å²) in [6.07, 6.45) is 0.886. The second-order valence-corrected chi connectivity index (χ2v) is 6.11. The Labute approximate surface area is 138 Å². The summed E-state index contributed by atoms with van der Waals surface area (Å²) in [7, 11) is 1.70. The summed E-state index contributed by atoms with van der Waals surface area (Å²) in [6.45, 7) is 3.12. The zero-order valence-electron chi connectivity index (χ0n) is 13.5. The Kier molecular flexibility index (Phi) is 3.82. The molecule has 2 atom stereocenters. The molecule has 0 unspecified atom stereocenters. The maximum absolute atomic E-state index is 13.3. The van der Waals surface area contributed by atoms with Crippen LogP contribution in [0.4, 0.5) is 4.39 Å². The number of halogens is 1. The van der Waals surface area contributed by atoms with Crippen molar-refractivity contribution in [3.05, 3.63) is 47.6 Å². The fourth-order valence-corrected chi connectivity index (χ4v) is 3.26. The van der Waals surface area contributed by atoms with Gasteiger partial charge in [0.15, 0.2) is 5.82 Å². The van der Waals surface area contributed by atoms with E-state index in [4.69, 9.17) is 13.7 Å². The minimum Gasteiger partial charge on any atom is -0.460 e. The summed E-state index contributed by atoms with van der Waals surface area (Å²) in [4.78, 5) is 6.54. The average molecular weight is 331 g/mol. The summed E-state index contributed by atoms with van der Waals surface area (Å²) in [5, 5.41) is 4.64. The first-order chi connectivity index (χ1) is 11.6. The summed E-state index contributed by atoms with van der Waals surface area (Å²) in [5.74, 6) is 1.71. The topological polar surface area (TPSA) is 64.5 Å². The van der Waals surface area contributed by atoms with Crippen molar-refractivity contribution in [2.24, 2.45) is 0 Å². The molecule has 1 aromatic carbocycles. The lowest BCUT2D eigenvalue weighted by Gasteiger charge is -2.19. The Morgan fingerprint density at radius 2 is 2.25 bits per heavy atom. The van der Waals surface area contributed by atoms with Crippen LogP contribution in [-0.2, 0) is 11.3 Å². The fraction of sp³-hybridized carbons (Fsp3) is 0.412. The number of aryl methyl sites for hydroxylation is 1. The molecule has 0 spiro atoms. The van der Waals surface area contributed by atoms with Crippen molar-refractivity contribution in [2.75, 3.05) is 13.7 Å². The van der Waals surface area contributed by atoms with Crippen molar-refractivity contribution >= 4 is 11.0 Å². The van der Waals surface area contributed by atoms with E-state index in [1.807, 2.05) is 6.07 Å². The van der Waals surface area contributed by atoms with Gasteiger partial charge in [-0.25, -0.2) is 4.39 Å². The molecule has 1 aliphatic heterocycles. The van der Waals surface area contributed by atoms with Crippen molar-refractivity contribution in [3.8, 4) is 0 Å². The molecule has 3 heterocycles. The molecule has 0 N–H and O–H groups in total. The van der Waals surface area contributed by atoms with Crippen molar-refractivity contribution in [3.63, 3.8) is 0 Å². The molecule has 3 aromatic rings. The van der Waals surface area contributed by atoms with E-state index in [2.05, 4.69) is 15.0 Å². The minimum atomic E-state index is -0.269. The summed E-state index contributed by atoms with van der Waals surface area (Å²) >= 11 is 0. The van der Waals surface area contributed by atoms with E-state index < -0.39 is 0 Å². The highest BCUT2D eigenvalue weighted by Gasteiger charge is 2.37. The lowest BCUT2D eigenvalue weighted by atomic mass is 10.2. The number of methoxy groups -OCH3 is 1. The summed E-state index contributed by atoms with van der Waals surface area (Å²) in [5.41, 5.74) is 0.680. The molecule has 24 heavy (non-hydrogen) atoms. The lowest BCUT2D eigenvalue weighted by Crippen LogP contribution is -2.24. The second-order valence-electron chi connectivity index (χ2n) is 6.11. The van der Waals surface area contributed by atoms with Crippen LogP contribution in [0.3, 0.4) is 0 Å². The van der Waals surface area contributed by atoms with E-state index in [0.717, 1.165) is 24.1 Å². The van der Waals surface area contributed by atoms with Gasteiger partial charge in [0, 0.05) is 19.0 Å². The number of aromatic nitrogens is 2. The van der Waals surface area contributed by atoms with Gasteiger partial charge in [-0.3, -0.25) is 4.90 Å². The quantitative estimate of drug-likeness (QED) is 0.731. The molecule has 0 saturated carbocycles. The molecule has 7 heteroatoms. The van der Waals surface area contributed by atoms with E-state index in [0.29, 0.717) is 23.8 Å². The Bertz CT molecular complexity index is 860. The molecule has 4 rings (SSSR count). The van der Waals surface area contributed by atoms with E-state index in [9.17, 15) is 4.39 Å². The van der Waals surface area contributed by atoms with Gasteiger partial charge < -0.3 is 13.7 Å². The second kappa shape index (κ2) is 5.99. The largest absolute Gasteiger partial charge is 0.460 e. The highest BCUT2D eigenvalue weighted by atomic mass is 19.1. The van der Waals surface area contributed by atoms with Crippen LogP contribution < -0.4 is 0 Å². The molecular formula is C17H18FN3O3. The van der Waals surface area contributed by atoms with Crippen molar-refractivity contribution in [1.82, 2.24) is 15.0 Å². The summed E-state index contributed by atoms with van der Waals surface area (Å²) in [6, 6.07) is 6.38. The molecule has 126 valence electrons. The molecule has 0 aliphatic carbocycles. The van der Waals surface area contributed by atoms with E-state index in [1.165, 1.54) is 12.1 Å². The monoisotopic (exact) mass is 331 g/mol. The number of nitrogens with zero attached hydrogens (tertiary/aromatic N) is 3. The van der Waals surface area contributed by atoms with Gasteiger partial charge in [0.25, 0.3) is 0 Å². The molecule has 0 radical (unpaired) electrons. The zero-order valence-corrected chi connectivity index (χ0v) is 13.5. The molecule has 0 bridgehead atoms. The first-order valence-electron chi connectivity index (χ1n) is 7.87. The Balaban J connectivity index is 1.60. The van der Waals surface area contributed by atoms with Crippen LogP contribution in [-0.4, -0.2) is 34.8 Å². The first kappa shape index (κ1) is 15.3. The Morgan fingerprint density at radius 3 is 3.00 bits per heavy atom. The number of hydrogen-bond donors (Lipinski definition) is 0. The molecule has 6 nitrogen and oxygen atoms in total. The molecule has 1 aliphatic rings. The third kappa shape index (κ3) is 2.81. The van der Waals surface area contributed by atoms with Gasteiger partial charge in [-0.1, -0.05) is 5.16 Å². The average Bonchev–Trinajstić information content (AvgIpc) is 3.25. The molecular weight excluding hydrogens is 313 g/mol. The predicted octanol–water partition coefficient (Wildman–Crippen LogP) is 3.23. The van der Waals surface area contributed by atoms with Crippen molar-refractivity contribution < 1.29 is 18.1 Å². The summed E-state index contributed by atoms with van der Waals surface area (Å²) < 4.78 is 30.0. The highest BCUT2D eigenvalue weighted by molar-refractivity contribution is 5.77. The fourth-order valence-electron chi connectivity index (χ4n) is 3.26. The maximum atomic E-state index is 13.3. The molecule has 2 aromatic heterocycles.